The predicted molar refractivity (Wildman–Crippen MR) is 54.1 cm³/mol. The average molecular weight is 171 g/mol. The van der Waals surface area contributed by atoms with E-state index in [9.17, 15) is 0 Å². The van der Waals surface area contributed by atoms with Gasteiger partial charge >= 0.3 is 0 Å². The molecule has 0 heterocycles. The highest BCUT2D eigenvalue weighted by Crippen LogP contribution is 2.14. The van der Waals surface area contributed by atoms with Crippen LogP contribution in [0, 0.1) is 12.8 Å². The Hall–Kier alpha value is -0.0400. The molecule has 0 rings (SSSR count). The van der Waals surface area contributed by atoms with Gasteiger partial charge in [-0.25, -0.2) is 0 Å². The first-order valence-corrected chi connectivity index (χ1v) is 5.02. The molecule has 1 nitrogen and oxygen atoms in total. The van der Waals surface area contributed by atoms with E-state index in [-0.39, 0.29) is 0 Å². The first kappa shape index (κ1) is 12.0. The van der Waals surface area contributed by atoms with Crippen molar-refractivity contribution in [1.82, 2.24) is 0 Å². The molecule has 1 radical (unpaired) electrons. The topological polar surface area (TPSA) is 9.23 Å². The van der Waals surface area contributed by atoms with Gasteiger partial charge in [0, 0.05) is 7.11 Å². The molecular formula is C11H23O. The Morgan fingerprint density at radius 3 is 2.33 bits per heavy atom. The molecule has 0 aliphatic rings. The second kappa shape index (κ2) is 7.60. The molecule has 0 N–H and O–H groups in total. The molecule has 0 fully saturated rings. The molecule has 0 bridgehead atoms. The fourth-order valence-corrected chi connectivity index (χ4v) is 1.36. The number of hydrogen-bond donors (Lipinski definition) is 0. The highest BCUT2D eigenvalue weighted by Gasteiger charge is 2.03. The molecule has 0 aromatic heterocycles. The number of hydrogen-bond acceptors (Lipinski definition) is 1. The average Bonchev–Trinajstić information content (AvgIpc) is 2.04. The first-order valence-electron chi connectivity index (χ1n) is 5.02. The van der Waals surface area contributed by atoms with E-state index in [2.05, 4.69) is 20.8 Å². The van der Waals surface area contributed by atoms with Crippen LogP contribution in [0.25, 0.3) is 0 Å². The van der Waals surface area contributed by atoms with E-state index in [0.717, 1.165) is 12.3 Å². The maximum Gasteiger partial charge on any atom is 0.0543 e. The minimum absolute atomic E-state index is 0.428. The van der Waals surface area contributed by atoms with E-state index < -0.39 is 0 Å². The van der Waals surface area contributed by atoms with Crippen LogP contribution in [0.1, 0.15) is 46.0 Å². The highest BCUT2D eigenvalue weighted by atomic mass is 16.5. The molecule has 0 aromatic rings. The molecule has 0 amide bonds. The summed E-state index contributed by atoms with van der Waals surface area (Å²) in [5, 5.41) is 0. The van der Waals surface area contributed by atoms with Crippen molar-refractivity contribution < 1.29 is 4.74 Å². The second-order valence-electron chi connectivity index (χ2n) is 3.72. The minimum Gasteiger partial charge on any atom is -0.382 e. The Labute approximate surface area is 77.5 Å². The van der Waals surface area contributed by atoms with Gasteiger partial charge in [0.1, 0.15) is 0 Å². The lowest BCUT2D eigenvalue weighted by Gasteiger charge is -2.12. The van der Waals surface area contributed by atoms with Crippen LogP contribution in [0.2, 0.25) is 0 Å². The van der Waals surface area contributed by atoms with Crippen LogP contribution in [0.5, 0.6) is 0 Å². The third-order valence-corrected chi connectivity index (χ3v) is 2.41. The molecule has 0 aliphatic heterocycles. The van der Waals surface area contributed by atoms with Gasteiger partial charge in [0.05, 0.1) is 6.10 Å². The Bertz CT molecular complexity index is 91.0. The molecule has 2 unspecified atom stereocenters. The zero-order valence-electron chi connectivity index (χ0n) is 8.81. The van der Waals surface area contributed by atoms with Crippen molar-refractivity contribution in [3.63, 3.8) is 0 Å². The van der Waals surface area contributed by atoms with Crippen LogP contribution in [0.3, 0.4) is 0 Å². The molecule has 2 atom stereocenters. The van der Waals surface area contributed by atoms with Crippen molar-refractivity contribution in [2.24, 2.45) is 5.92 Å². The summed E-state index contributed by atoms with van der Waals surface area (Å²) in [4.78, 5) is 0. The van der Waals surface area contributed by atoms with Gasteiger partial charge in [-0.3, -0.25) is 0 Å². The van der Waals surface area contributed by atoms with E-state index in [1.54, 1.807) is 7.11 Å². The van der Waals surface area contributed by atoms with Gasteiger partial charge in [-0.2, -0.15) is 0 Å². The molecule has 0 spiro atoms. The van der Waals surface area contributed by atoms with Gasteiger partial charge in [0.2, 0.25) is 0 Å². The Morgan fingerprint density at radius 1 is 1.17 bits per heavy atom. The number of rotatable bonds is 7. The summed E-state index contributed by atoms with van der Waals surface area (Å²) in [6.45, 7) is 8.30. The zero-order valence-corrected chi connectivity index (χ0v) is 8.81. The van der Waals surface area contributed by atoms with Gasteiger partial charge in [-0.1, -0.05) is 39.5 Å². The van der Waals surface area contributed by atoms with Crippen LogP contribution in [-0.4, -0.2) is 13.2 Å². The summed E-state index contributed by atoms with van der Waals surface area (Å²) in [6, 6.07) is 0. The minimum atomic E-state index is 0.428. The molecule has 0 aliphatic carbocycles. The van der Waals surface area contributed by atoms with Gasteiger partial charge in [0.25, 0.3) is 0 Å². The molecule has 73 valence electrons. The summed E-state index contributed by atoms with van der Waals surface area (Å²) in [6.07, 6.45) is 6.57. The molecule has 0 aromatic carbocycles. The quantitative estimate of drug-likeness (QED) is 0.570. The number of ether oxygens (including phenoxy) is 1. The van der Waals surface area contributed by atoms with Crippen LogP contribution in [0.4, 0.5) is 0 Å². The molecule has 1 heteroatoms. The summed E-state index contributed by atoms with van der Waals surface area (Å²) in [5.41, 5.74) is 0. The largest absolute Gasteiger partial charge is 0.382 e. The third kappa shape index (κ3) is 6.66. The van der Waals surface area contributed by atoms with Crippen molar-refractivity contribution in [3.8, 4) is 0 Å². The molecule has 0 saturated heterocycles. The third-order valence-electron chi connectivity index (χ3n) is 2.41. The van der Waals surface area contributed by atoms with Gasteiger partial charge in [-0.15, -0.1) is 0 Å². The summed E-state index contributed by atoms with van der Waals surface area (Å²) in [7, 11) is 1.78. The molecule has 12 heavy (non-hydrogen) atoms. The van der Waals surface area contributed by atoms with Crippen LogP contribution < -0.4 is 0 Å². The Kier molecular flexibility index (Phi) is 7.58. The Morgan fingerprint density at radius 2 is 1.83 bits per heavy atom. The number of methoxy groups -OCH3 is 1. The summed E-state index contributed by atoms with van der Waals surface area (Å²) in [5.74, 6) is 0.839. The molecular weight excluding hydrogens is 148 g/mol. The van der Waals surface area contributed by atoms with E-state index in [1.807, 2.05) is 0 Å². The lowest BCUT2D eigenvalue weighted by Crippen LogP contribution is -2.05. The smallest absolute Gasteiger partial charge is 0.0543 e. The van der Waals surface area contributed by atoms with Crippen LogP contribution >= 0.6 is 0 Å². The van der Waals surface area contributed by atoms with Gasteiger partial charge in [0.15, 0.2) is 0 Å². The zero-order chi connectivity index (χ0) is 9.40. The van der Waals surface area contributed by atoms with Gasteiger partial charge < -0.3 is 4.74 Å². The van der Waals surface area contributed by atoms with E-state index in [0.29, 0.717) is 6.10 Å². The van der Waals surface area contributed by atoms with Crippen molar-refractivity contribution >= 4 is 0 Å². The van der Waals surface area contributed by atoms with Crippen molar-refractivity contribution in [1.29, 1.82) is 0 Å². The van der Waals surface area contributed by atoms with E-state index in [1.165, 1.54) is 25.7 Å². The normalized spacial score (nSPS) is 16.0. The maximum atomic E-state index is 5.18. The predicted octanol–water partition coefficient (Wildman–Crippen LogP) is 3.44. The van der Waals surface area contributed by atoms with Crippen LogP contribution in [-0.2, 0) is 4.74 Å². The highest BCUT2D eigenvalue weighted by molar-refractivity contribution is 4.57. The van der Waals surface area contributed by atoms with Gasteiger partial charge in [-0.05, 0) is 19.3 Å². The van der Waals surface area contributed by atoms with E-state index >= 15 is 0 Å². The second-order valence-corrected chi connectivity index (χ2v) is 3.72. The van der Waals surface area contributed by atoms with Crippen LogP contribution in [0.15, 0.2) is 0 Å². The Balaban J connectivity index is 3.18. The lowest BCUT2D eigenvalue weighted by molar-refractivity contribution is 0.107. The fourth-order valence-electron chi connectivity index (χ4n) is 1.36. The summed E-state index contributed by atoms with van der Waals surface area (Å²) >= 11 is 0. The summed E-state index contributed by atoms with van der Waals surface area (Å²) < 4.78 is 5.18. The first-order chi connectivity index (χ1) is 5.70. The van der Waals surface area contributed by atoms with Crippen molar-refractivity contribution in [2.45, 2.75) is 52.1 Å². The fraction of sp³-hybridized carbons (Fsp3) is 0.909. The monoisotopic (exact) mass is 171 g/mol. The van der Waals surface area contributed by atoms with E-state index in [4.69, 9.17) is 4.74 Å². The molecule has 0 saturated carbocycles. The lowest BCUT2D eigenvalue weighted by atomic mass is 9.98. The van der Waals surface area contributed by atoms with Crippen molar-refractivity contribution in [2.75, 3.05) is 7.11 Å². The van der Waals surface area contributed by atoms with Crippen molar-refractivity contribution in [3.05, 3.63) is 6.92 Å². The maximum absolute atomic E-state index is 5.18. The standard InChI is InChI=1S/C11H23O/c1-5-7-10(2)8-6-9-11(3)12-4/h10-11H,1,5-9H2,2-4H3. The SMILES string of the molecule is [CH2]CCC(C)CCCC(C)OC.